The smallest absolute Gasteiger partial charge is 0.343 e. The van der Waals surface area contributed by atoms with E-state index in [4.69, 9.17) is 4.74 Å². The lowest BCUT2D eigenvalue weighted by molar-refractivity contribution is -0.138. The van der Waals surface area contributed by atoms with Crippen LogP contribution in [0.5, 0.6) is 0 Å². The van der Waals surface area contributed by atoms with Crippen molar-refractivity contribution in [3.63, 3.8) is 0 Å². The van der Waals surface area contributed by atoms with Gasteiger partial charge in [-0.25, -0.2) is 9.79 Å². The number of esters is 1. The van der Waals surface area contributed by atoms with E-state index in [1.807, 2.05) is 30.3 Å². The van der Waals surface area contributed by atoms with Gasteiger partial charge in [-0.2, -0.15) is 4.99 Å². The van der Waals surface area contributed by atoms with Gasteiger partial charge in [0.1, 0.15) is 11.3 Å². The zero-order valence-corrected chi connectivity index (χ0v) is 16.1. The molecule has 1 heterocycles. The predicted molar refractivity (Wildman–Crippen MR) is 112 cm³/mol. The van der Waals surface area contributed by atoms with Crippen molar-refractivity contribution >= 4 is 29.5 Å². The number of ether oxygens (including phenoxy) is 1. The highest BCUT2D eigenvalue weighted by atomic mass is 16.5. The van der Waals surface area contributed by atoms with E-state index >= 15 is 0 Å². The Bertz CT molecular complexity index is 1060. The van der Waals surface area contributed by atoms with Crippen molar-refractivity contribution < 1.29 is 19.4 Å². The molecule has 0 fully saturated rings. The monoisotopic (exact) mass is 388 g/mol. The molecular weight excluding hydrogens is 368 g/mol. The summed E-state index contributed by atoms with van der Waals surface area (Å²) in [7, 11) is 0. The highest BCUT2D eigenvalue weighted by molar-refractivity contribution is 6.36. The molecule has 0 aromatic heterocycles. The molecule has 0 saturated heterocycles. The Morgan fingerprint density at radius 1 is 1.07 bits per heavy atom. The summed E-state index contributed by atoms with van der Waals surface area (Å²) in [6, 6.07) is 16.5. The standard InChI is InChI=1S/C23H20N2O4/c1-3-29-23(28)20(15(2)26)21-17-11-7-8-12-18(17)22(25-21)24-19(27)14-13-16-9-5-4-6-10-16/h4-14,26H,3H2,1-2H3/b14-13+,20-15?,24-22?. The van der Waals surface area contributed by atoms with E-state index in [9.17, 15) is 14.7 Å². The molecule has 2 aromatic rings. The first-order valence-electron chi connectivity index (χ1n) is 9.12. The SMILES string of the molecule is CCOC(=O)C(C1=NC(=NC(=O)/C=C/c2ccccc2)c2ccccc21)=C(C)O. The molecule has 0 unspecified atom stereocenters. The molecule has 0 atom stereocenters. The molecule has 2 aromatic carbocycles. The van der Waals surface area contributed by atoms with Crippen molar-refractivity contribution in [2.45, 2.75) is 13.8 Å². The fraction of sp³-hybridized carbons (Fsp3) is 0.130. The molecule has 1 N–H and O–H groups in total. The molecule has 1 aliphatic rings. The van der Waals surface area contributed by atoms with Crippen LogP contribution in [-0.4, -0.2) is 35.1 Å². The number of aliphatic hydroxyl groups is 1. The van der Waals surface area contributed by atoms with Gasteiger partial charge in [-0.1, -0.05) is 54.6 Å². The molecule has 0 saturated carbocycles. The van der Waals surface area contributed by atoms with Gasteiger partial charge >= 0.3 is 5.97 Å². The number of hydrogen-bond acceptors (Lipinski definition) is 4. The summed E-state index contributed by atoms with van der Waals surface area (Å²) in [5.74, 6) is -1.20. The summed E-state index contributed by atoms with van der Waals surface area (Å²) >= 11 is 0. The molecule has 6 nitrogen and oxygen atoms in total. The Labute approximate surface area is 168 Å². The average Bonchev–Trinajstić information content (AvgIpc) is 3.05. The number of allylic oxidation sites excluding steroid dienone is 1. The molecule has 0 aliphatic carbocycles. The molecule has 0 radical (unpaired) electrons. The van der Waals surface area contributed by atoms with Crippen molar-refractivity contribution in [3.05, 3.63) is 88.7 Å². The second-order valence-corrected chi connectivity index (χ2v) is 6.20. The number of carbonyl (C=O) groups excluding carboxylic acids is 2. The van der Waals surface area contributed by atoms with Crippen LogP contribution in [0, 0.1) is 0 Å². The van der Waals surface area contributed by atoms with E-state index in [0.717, 1.165) is 5.56 Å². The Morgan fingerprint density at radius 2 is 1.72 bits per heavy atom. The number of amides is 1. The largest absolute Gasteiger partial charge is 0.512 e. The third-order valence-electron chi connectivity index (χ3n) is 4.15. The first kappa shape index (κ1) is 19.9. The van der Waals surface area contributed by atoms with Crippen molar-refractivity contribution in [3.8, 4) is 0 Å². The molecule has 3 rings (SSSR count). The average molecular weight is 388 g/mol. The summed E-state index contributed by atoms with van der Waals surface area (Å²) < 4.78 is 5.04. The van der Waals surface area contributed by atoms with E-state index in [1.54, 1.807) is 37.3 Å². The Balaban J connectivity index is 1.98. The molecule has 29 heavy (non-hydrogen) atoms. The number of aliphatic imine (C=N–C) groups is 2. The zero-order valence-electron chi connectivity index (χ0n) is 16.1. The van der Waals surface area contributed by atoms with E-state index in [1.165, 1.54) is 13.0 Å². The normalized spacial score (nSPS) is 15.1. The van der Waals surface area contributed by atoms with Crippen molar-refractivity contribution in [1.29, 1.82) is 0 Å². The maximum Gasteiger partial charge on any atom is 0.343 e. The third-order valence-corrected chi connectivity index (χ3v) is 4.15. The maximum atomic E-state index is 12.3. The minimum atomic E-state index is -0.683. The number of nitrogens with zero attached hydrogens (tertiary/aromatic N) is 2. The Hall–Kier alpha value is -3.80. The predicted octanol–water partition coefficient (Wildman–Crippen LogP) is 3.87. The fourth-order valence-electron chi connectivity index (χ4n) is 2.88. The van der Waals surface area contributed by atoms with Gasteiger partial charge < -0.3 is 9.84 Å². The summed E-state index contributed by atoms with van der Waals surface area (Å²) in [5, 5.41) is 10.1. The van der Waals surface area contributed by atoms with Gasteiger partial charge in [0.2, 0.25) is 0 Å². The Kier molecular flexibility index (Phi) is 6.14. The van der Waals surface area contributed by atoms with Crippen molar-refractivity contribution in [1.82, 2.24) is 0 Å². The van der Waals surface area contributed by atoms with Gasteiger partial charge in [0, 0.05) is 17.2 Å². The summed E-state index contributed by atoms with van der Waals surface area (Å²) in [6.07, 6.45) is 3.03. The van der Waals surface area contributed by atoms with Crippen LogP contribution in [0.1, 0.15) is 30.5 Å². The molecule has 6 heteroatoms. The van der Waals surface area contributed by atoms with Crippen molar-refractivity contribution in [2.24, 2.45) is 9.98 Å². The van der Waals surface area contributed by atoms with Gasteiger partial charge in [0.15, 0.2) is 5.84 Å². The van der Waals surface area contributed by atoms with Crippen LogP contribution in [0.3, 0.4) is 0 Å². The lowest BCUT2D eigenvalue weighted by Crippen LogP contribution is -2.18. The first-order chi connectivity index (χ1) is 14.0. The van der Waals surface area contributed by atoms with Gasteiger partial charge in [-0.3, -0.25) is 4.79 Å². The van der Waals surface area contributed by atoms with E-state index in [-0.39, 0.29) is 29.5 Å². The molecule has 0 bridgehead atoms. The van der Waals surface area contributed by atoms with Crippen LogP contribution < -0.4 is 0 Å². The summed E-state index contributed by atoms with van der Waals surface area (Å²) in [6.45, 7) is 3.23. The minimum Gasteiger partial charge on any atom is -0.512 e. The number of aliphatic hydroxyl groups excluding tert-OH is 1. The third kappa shape index (κ3) is 4.55. The number of hydrogen-bond donors (Lipinski definition) is 1. The van der Waals surface area contributed by atoms with Crippen LogP contribution >= 0.6 is 0 Å². The van der Waals surface area contributed by atoms with Crippen molar-refractivity contribution in [2.75, 3.05) is 6.61 Å². The van der Waals surface area contributed by atoms with E-state index < -0.39 is 11.9 Å². The lowest BCUT2D eigenvalue weighted by atomic mass is 9.99. The number of carbonyl (C=O) groups is 2. The fourth-order valence-corrected chi connectivity index (χ4v) is 2.88. The van der Waals surface area contributed by atoms with Gasteiger partial charge in [-0.05, 0) is 25.5 Å². The maximum absolute atomic E-state index is 12.3. The molecule has 146 valence electrons. The number of fused-ring (bicyclic) bond motifs is 1. The minimum absolute atomic E-state index is 0.0447. The number of benzene rings is 2. The van der Waals surface area contributed by atoms with Crippen LogP contribution in [0.2, 0.25) is 0 Å². The topological polar surface area (TPSA) is 88.3 Å². The summed E-state index contributed by atoms with van der Waals surface area (Å²) in [5.41, 5.74) is 2.27. The van der Waals surface area contributed by atoms with Crippen LogP contribution in [0.15, 0.2) is 82.0 Å². The molecule has 0 spiro atoms. The van der Waals surface area contributed by atoms with Gasteiger partial charge in [-0.15, -0.1) is 0 Å². The summed E-state index contributed by atoms with van der Waals surface area (Å²) in [4.78, 5) is 33.1. The van der Waals surface area contributed by atoms with Gasteiger partial charge in [0.25, 0.3) is 5.91 Å². The van der Waals surface area contributed by atoms with Crippen LogP contribution in [0.25, 0.3) is 6.08 Å². The van der Waals surface area contributed by atoms with E-state index in [0.29, 0.717) is 11.1 Å². The second kappa shape index (κ2) is 8.93. The molecular formula is C23H20N2O4. The van der Waals surface area contributed by atoms with Gasteiger partial charge in [0.05, 0.1) is 12.3 Å². The molecule has 1 amide bonds. The van der Waals surface area contributed by atoms with Crippen LogP contribution in [-0.2, 0) is 14.3 Å². The number of amidine groups is 1. The highest BCUT2D eigenvalue weighted by Gasteiger charge is 2.30. The molecule has 1 aliphatic heterocycles. The highest BCUT2D eigenvalue weighted by Crippen LogP contribution is 2.25. The number of rotatable bonds is 5. The quantitative estimate of drug-likeness (QED) is 0.478. The van der Waals surface area contributed by atoms with Crippen LogP contribution in [0.4, 0.5) is 0 Å². The lowest BCUT2D eigenvalue weighted by Gasteiger charge is -2.08. The zero-order chi connectivity index (χ0) is 20.8. The van der Waals surface area contributed by atoms with E-state index in [2.05, 4.69) is 9.98 Å². The second-order valence-electron chi connectivity index (χ2n) is 6.20. The Morgan fingerprint density at radius 3 is 2.38 bits per heavy atom. The first-order valence-corrected chi connectivity index (χ1v) is 9.12.